The van der Waals surface area contributed by atoms with Gasteiger partial charge >= 0.3 is 0 Å². The number of nitrogens with one attached hydrogen (secondary N) is 1. The summed E-state index contributed by atoms with van der Waals surface area (Å²) in [6.07, 6.45) is 1.56. The molecule has 0 spiro atoms. The molecule has 3 nitrogen and oxygen atoms in total. The van der Waals surface area contributed by atoms with E-state index >= 15 is 0 Å². The van der Waals surface area contributed by atoms with Crippen molar-refractivity contribution >= 4 is 23.1 Å². The van der Waals surface area contributed by atoms with Crippen molar-refractivity contribution < 1.29 is 9.53 Å². The first-order valence-corrected chi connectivity index (χ1v) is 6.85. The van der Waals surface area contributed by atoms with Gasteiger partial charge in [0, 0.05) is 34.1 Å². The maximum atomic E-state index is 12.1. The summed E-state index contributed by atoms with van der Waals surface area (Å²) in [6.45, 7) is 1.84. The van der Waals surface area contributed by atoms with Crippen LogP contribution in [0.5, 0.6) is 5.75 Å². The van der Waals surface area contributed by atoms with E-state index in [1.54, 1.807) is 37.5 Å². The van der Waals surface area contributed by atoms with E-state index in [-0.39, 0.29) is 5.78 Å². The molecule has 2 aromatic rings. The lowest BCUT2D eigenvalue weighted by molar-refractivity contribution is 0.104. The van der Waals surface area contributed by atoms with Crippen LogP contribution >= 0.6 is 11.6 Å². The van der Waals surface area contributed by atoms with E-state index in [9.17, 15) is 4.79 Å². The van der Waals surface area contributed by atoms with Crippen LogP contribution in [0.1, 0.15) is 17.3 Å². The number of halogens is 1. The Hall–Kier alpha value is -2.26. The maximum Gasteiger partial charge on any atom is 0.187 e. The van der Waals surface area contributed by atoms with Crippen LogP contribution in [0.25, 0.3) is 0 Å². The molecule has 0 aliphatic rings. The number of carbonyl (C=O) groups excluding carboxylic acids is 1. The Morgan fingerprint density at radius 3 is 2.57 bits per heavy atom. The molecule has 0 unspecified atom stereocenters. The van der Waals surface area contributed by atoms with Crippen molar-refractivity contribution in [1.82, 2.24) is 0 Å². The number of rotatable bonds is 5. The van der Waals surface area contributed by atoms with Gasteiger partial charge in [-0.15, -0.1) is 0 Å². The van der Waals surface area contributed by atoms with Crippen LogP contribution in [-0.2, 0) is 0 Å². The van der Waals surface area contributed by atoms with Crippen LogP contribution in [0.4, 0.5) is 5.69 Å². The monoisotopic (exact) mass is 301 g/mol. The zero-order chi connectivity index (χ0) is 15.2. The number of carbonyl (C=O) groups is 1. The molecule has 4 heteroatoms. The molecule has 0 aliphatic carbocycles. The number of allylic oxidation sites excluding steroid dienone is 2. The Morgan fingerprint density at radius 2 is 1.90 bits per heavy atom. The van der Waals surface area contributed by atoms with Crippen LogP contribution in [0, 0.1) is 0 Å². The molecule has 1 N–H and O–H groups in total. The van der Waals surface area contributed by atoms with Gasteiger partial charge in [-0.3, -0.25) is 4.79 Å². The molecule has 0 bridgehead atoms. The fourth-order valence-electron chi connectivity index (χ4n) is 1.86. The third kappa shape index (κ3) is 4.36. The molecule has 0 saturated carbocycles. The summed E-state index contributed by atoms with van der Waals surface area (Å²) < 4.78 is 5.16. The minimum absolute atomic E-state index is 0.0698. The van der Waals surface area contributed by atoms with Gasteiger partial charge in [-0.2, -0.15) is 0 Å². The molecule has 0 atom stereocenters. The second-order valence-corrected chi connectivity index (χ2v) is 4.99. The van der Waals surface area contributed by atoms with Gasteiger partial charge in [-0.1, -0.05) is 17.7 Å². The molecule has 0 aliphatic heterocycles. The van der Waals surface area contributed by atoms with Crippen molar-refractivity contribution in [2.24, 2.45) is 0 Å². The van der Waals surface area contributed by atoms with E-state index in [0.717, 1.165) is 17.1 Å². The Balaban J connectivity index is 2.09. The average Bonchev–Trinajstić information content (AvgIpc) is 2.47. The lowest BCUT2D eigenvalue weighted by Gasteiger charge is -2.08. The van der Waals surface area contributed by atoms with Gasteiger partial charge in [0.2, 0.25) is 0 Å². The lowest BCUT2D eigenvalue weighted by atomic mass is 10.1. The number of ketones is 1. The molecule has 0 heterocycles. The summed E-state index contributed by atoms with van der Waals surface area (Å²) in [5, 5.41) is 3.78. The second-order valence-electron chi connectivity index (χ2n) is 4.56. The number of ether oxygens (including phenoxy) is 1. The molecular weight excluding hydrogens is 286 g/mol. The van der Waals surface area contributed by atoms with Crippen LogP contribution in [0.15, 0.2) is 60.3 Å². The number of methoxy groups -OCH3 is 1. The average molecular weight is 302 g/mol. The molecule has 0 fully saturated rings. The fraction of sp³-hybridized carbons (Fsp3) is 0.118. The van der Waals surface area contributed by atoms with Crippen molar-refractivity contribution in [3.63, 3.8) is 0 Å². The van der Waals surface area contributed by atoms with E-state index in [2.05, 4.69) is 5.32 Å². The molecule has 21 heavy (non-hydrogen) atoms. The molecule has 2 aromatic carbocycles. The third-order valence-electron chi connectivity index (χ3n) is 2.89. The van der Waals surface area contributed by atoms with Crippen LogP contribution < -0.4 is 10.1 Å². The first-order valence-electron chi connectivity index (χ1n) is 6.48. The Bertz CT molecular complexity index is 663. The minimum atomic E-state index is -0.0698. The highest BCUT2D eigenvalue weighted by atomic mass is 35.5. The molecular formula is C17H16ClNO2. The quantitative estimate of drug-likeness (QED) is 0.650. The summed E-state index contributed by atoms with van der Waals surface area (Å²) >= 11 is 5.81. The van der Waals surface area contributed by atoms with Gasteiger partial charge in [0.05, 0.1) is 7.11 Å². The summed E-state index contributed by atoms with van der Waals surface area (Å²) in [5.74, 6) is 0.691. The third-order valence-corrected chi connectivity index (χ3v) is 3.14. The summed E-state index contributed by atoms with van der Waals surface area (Å²) in [6, 6.07) is 14.3. The molecule has 0 amide bonds. The summed E-state index contributed by atoms with van der Waals surface area (Å²) in [5.41, 5.74) is 2.22. The van der Waals surface area contributed by atoms with Crippen molar-refractivity contribution in [3.05, 3.63) is 70.9 Å². The number of hydrogen-bond donors (Lipinski definition) is 1. The highest BCUT2D eigenvalue weighted by Crippen LogP contribution is 2.18. The Morgan fingerprint density at radius 1 is 1.19 bits per heavy atom. The predicted molar refractivity (Wildman–Crippen MR) is 86.2 cm³/mol. The van der Waals surface area contributed by atoms with Crippen LogP contribution in [0.3, 0.4) is 0 Å². The highest BCUT2D eigenvalue weighted by molar-refractivity contribution is 6.30. The van der Waals surface area contributed by atoms with E-state index in [4.69, 9.17) is 16.3 Å². The topological polar surface area (TPSA) is 38.3 Å². The normalized spacial score (nSPS) is 11.1. The SMILES string of the molecule is COc1cccc(NC(C)=CC(=O)c2ccc(Cl)cc2)c1. The maximum absolute atomic E-state index is 12.1. The van der Waals surface area contributed by atoms with Crippen molar-refractivity contribution in [3.8, 4) is 5.75 Å². The summed E-state index contributed by atoms with van der Waals surface area (Å²) in [7, 11) is 1.62. The fourth-order valence-corrected chi connectivity index (χ4v) is 1.98. The minimum Gasteiger partial charge on any atom is -0.497 e. The predicted octanol–water partition coefficient (Wildman–Crippen LogP) is 4.55. The van der Waals surface area contributed by atoms with Crippen molar-refractivity contribution in [2.45, 2.75) is 6.92 Å². The van der Waals surface area contributed by atoms with E-state index in [0.29, 0.717) is 10.6 Å². The Labute approximate surface area is 129 Å². The lowest BCUT2D eigenvalue weighted by Crippen LogP contribution is -2.01. The first kappa shape index (κ1) is 15.1. The molecule has 0 saturated heterocycles. The standard InChI is InChI=1S/C17H16ClNO2/c1-12(19-15-4-3-5-16(11-15)21-2)10-17(20)13-6-8-14(18)9-7-13/h3-11,19H,1-2H3. The van der Waals surface area contributed by atoms with Gasteiger partial charge in [0.15, 0.2) is 5.78 Å². The smallest absolute Gasteiger partial charge is 0.187 e. The van der Waals surface area contributed by atoms with Crippen molar-refractivity contribution in [2.75, 3.05) is 12.4 Å². The molecule has 108 valence electrons. The van der Waals surface area contributed by atoms with E-state index in [1.807, 2.05) is 31.2 Å². The Kier molecular flexibility index (Phi) is 5.01. The molecule has 0 radical (unpaired) electrons. The number of benzene rings is 2. The number of hydrogen-bond acceptors (Lipinski definition) is 3. The van der Waals surface area contributed by atoms with Crippen LogP contribution in [0.2, 0.25) is 5.02 Å². The van der Waals surface area contributed by atoms with Crippen LogP contribution in [-0.4, -0.2) is 12.9 Å². The first-order chi connectivity index (χ1) is 10.1. The van der Waals surface area contributed by atoms with Gasteiger partial charge in [-0.05, 0) is 43.3 Å². The summed E-state index contributed by atoms with van der Waals surface area (Å²) in [4.78, 5) is 12.1. The second kappa shape index (κ2) is 6.95. The largest absolute Gasteiger partial charge is 0.497 e. The van der Waals surface area contributed by atoms with Crippen molar-refractivity contribution in [1.29, 1.82) is 0 Å². The van der Waals surface area contributed by atoms with Gasteiger partial charge < -0.3 is 10.1 Å². The van der Waals surface area contributed by atoms with Gasteiger partial charge in [0.1, 0.15) is 5.75 Å². The zero-order valence-electron chi connectivity index (χ0n) is 11.9. The van der Waals surface area contributed by atoms with Gasteiger partial charge in [0.25, 0.3) is 0 Å². The number of anilines is 1. The van der Waals surface area contributed by atoms with Gasteiger partial charge in [-0.25, -0.2) is 0 Å². The molecule has 2 rings (SSSR count). The van der Waals surface area contributed by atoms with E-state index < -0.39 is 0 Å². The van der Waals surface area contributed by atoms with E-state index in [1.165, 1.54) is 0 Å². The zero-order valence-corrected chi connectivity index (χ0v) is 12.6. The highest BCUT2D eigenvalue weighted by Gasteiger charge is 2.03. The molecule has 0 aromatic heterocycles.